The molecule has 0 spiro atoms. The standard InChI is InChI=1S/C19H19FN2O2/c1-11-6-7-16(20)17(8-11)22-18(23)13-4-3-5-14(10-13)21-19(24)15-9-12(15)2/h3-8,10,12,15H,9H2,1-2H3,(H,21,24)(H,22,23). The van der Waals surface area contributed by atoms with Crippen LogP contribution in [-0.2, 0) is 4.79 Å². The summed E-state index contributed by atoms with van der Waals surface area (Å²) in [6, 6.07) is 11.2. The van der Waals surface area contributed by atoms with Gasteiger partial charge >= 0.3 is 0 Å². The largest absolute Gasteiger partial charge is 0.326 e. The number of nitrogens with one attached hydrogen (secondary N) is 2. The second-order valence-corrected chi connectivity index (χ2v) is 6.33. The lowest BCUT2D eigenvalue weighted by molar-refractivity contribution is -0.117. The first-order valence-corrected chi connectivity index (χ1v) is 7.92. The molecule has 24 heavy (non-hydrogen) atoms. The summed E-state index contributed by atoms with van der Waals surface area (Å²) in [6.07, 6.45) is 0.901. The highest BCUT2D eigenvalue weighted by Crippen LogP contribution is 2.38. The summed E-state index contributed by atoms with van der Waals surface area (Å²) in [7, 11) is 0. The van der Waals surface area contributed by atoms with E-state index >= 15 is 0 Å². The number of carbonyl (C=O) groups excluding carboxylic acids is 2. The maximum atomic E-state index is 13.8. The molecule has 1 fully saturated rings. The van der Waals surface area contributed by atoms with Crippen molar-refractivity contribution in [1.82, 2.24) is 0 Å². The SMILES string of the molecule is Cc1ccc(F)c(NC(=O)c2cccc(NC(=O)C3CC3C)c2)c1. The van der Waals surface area contributed by atoms with Gasteiger partial charge in [0.15, 0.2) is 0 Å². The summed E-state index contributed by atoms with van der Waals surface area (Å²) in [4.78, 5) is 24.3. The van der Waals surface area contributed by atoms with Gasteiger partial charge in [0.2, 0.25) is 5.91 Å². The Morgan fingerprint density at radius 2 is 1.88 bits per heavy atom. The van der Waals surface area contributed by atoms with Crippen molar-refractivity contribution < 1.29 is 14.0 Å². The lowest BCUT2D eigenvalue weighted by Gasteiger charge is -2.09. The van der Waals surface area contributed by atoms with Crippen molar-refractivity contribution in [1.29, 1.82) is 0 Å². The number of aryl methyl sites for hydroxylation is 1. The van der Waals surface area contributed by atoms with E-state index in [2.05, 4.69) is 10.6 Å². The molecule has 0 radical (unpaired) electrons. The molecule has 4 nitrogen and oxygen atoms in total. The Balaban J connectivity index is 1.72. The van der Waals surface area contributed by atoms with E-state index in [1.165, 1.54) is 6.07 Å². The van der Waals surface area contributed by atoms with Crippen LogP contribution in [0.3, 0.4) is 0 Å². The number of hydrogen-bond donors (Lipinski definition) is 2. The molecule has 3 rings (SSSR count). The summed E-state index contributed by atoms with van der Waals surface area (Å²) >= 11 is 0. The van der Waals surface area contributed by atoms with Crippen LogP contribution in [0, 0.1) is 24.6 Å². The van der Waals surface area contributed by atoms with Gasteiger partial charge in [0, 0.05) is 17.2 Å². The molecule has 2 aromatic rings. The lowest BCUT2D eigenvalue weighted by atomic mass is 10.1. The second-order valence-electron chi connectivity index (χ2n) is 6.33. The van der Waals surface area contributed by atoms with Crippen LogP contribution in [-0.4, -0.2) is 11.8 Å². The zero-order valence-electron chi connectivity index (χ0n) is 13.6. The molecule has 2 aromatic carbocycles. The van der Waals surface area contributed by atoms with E-state index in [9.17, 15) is 14.0 Å². The van der Waals surface area contributed by atoms with E-state index in [1.54, 1.807) is 36.4 Å². The molecule has 2 amide bonds. The van der Waals surface area contributed by atoms with Crippen LogP contribution in [0.15, 0.2) is 42.5 Å². The predicted molar refractivity (Wildman–Crippen MR) is 91.4 cm³/mol. The summed E-state index contributed by atoms with van der Waals surface area (Å²) in [5.41, 5.74) is 1.92. The van der Waals surface area contributed by atoms with Crippen molar-refractivity contribution in [3.05, 3.63) is 59.4 Å². The Kier molecular flexibility index (Phi) is 4.34. The van der Waals surface area contributed by atoms with Crippen LogP contribution in [0.25, 0.3) is 0 Å². The van der Waals surface area contributed by atoms with Crippen molar-refractivity contribution in [2.75, 3.05) is 10.6 Å². The van der Waals surface area contributed by atoms with E-state index < -0.39 is 11.7 Å². The molecule has 124 valence electrons. The van der Waals surface area contributed by atoms with Gasteiger partial charge in [0.1, 0.15) is 5.82 Å². The second kappa shape index (κ2) is 6.43. The highest BCUT2D eigenvalue weighted by molar-refractivity contribution is 6.05. The zero-order valence-corrected chi connectivity index (χ0v) is 13.6. The number of anilines is 2. The number of benzene rings is 2. The summed E-state index contributed by atoms with van der Waals surface area (Å²) in [6.45, 7) is 3.86. The minimum atomic E-state index is -0.485. The molecule has 0 saturated heterocycles. The molecule has 0 bridgehead atoms. The first-order valence-electron chi connectivity index (χ1n) is 7.92. The molecule has 0 heterocycles. The monoisotopic (exact) mass is 326 g/mol. The molecule has 2 atom stereocenters. The number of hydrogen-bond acceptors (Lipinski definition) is 2. The van der Waals surface area contributed by atoms with E-state index in [0.29, 0.717) is 17.2 Å². The molecule has 5 heteroatoms. The third-order valence-electron chi connectivity index (χ3n) is 4.21. The van der Waals surface area contributed by atoms with Crippen LogP contribution in [0.2, 0.25) is 0 Å². The summed E-state index contributed by atoms with van der Waals surface area (Å²) in [5, 5.41) is 5.38. The Morgan fingerprint density at radius 3 is 2.58 bits per heavy atom. The fourth-order valence-corrected chi connectivity index (χ4v) is 2.59. The first kappa shape index (κ1) is 16.2. The maximum absolute atomic E-state index is 13.8. The molecule has 0 aliphatic heterocycles. The Morgan fingerprint density at radius 1 is 1.12 bits per heavy atom. The molecule has 1 aliphatic rings. The van der Waals surface area contributed by atoms with Gasteiger partial charge in [-0.05, 0) is 55.2 Å². The zero-order chi connectivity index (χ0) is 17.3. The Labute approximate surface area is 140 Å². The molecule has 1 saturated carbocycles. The van der Waals surface area contributed by atoms with Crippen LogP contribution >= 0.6 is 0 Å². The van der Waals surface area contributed by atoms with E-state index in [1.807, 2.05) is 13.8 Å². The van der Waals surface area contributed by atoms with Crippen molar-refractivity contribution in [2.45, 2.75) is 20.3 Å². The Bertz CT molecular complexity index is 804. The van der Waals surface area contributed by atoms with E-state index in [0.717, 1.165) is 12.0 Å². The van der Waals surface area contributed by atoms with Crippen LogP contribution in [0.4, 0.5) is 15.8 Å². The van der Waals surface area contributed by atoms with Gasteiger partial charge in [-0.15, -0.1) is 0 Å². The topological polar surface area (TPSA) is 58.2 Å². The van der Waals surface area contributed by atoms with Crippen LogP contribution in [0.1, 0.15) is 29.3 Å². The van der Waals surface area contributed by atoms with Crippen molar-refractivity contribution in [3.63, 3.8) is 0 Å². The molecule has 1 aliphatic carbocycles. The molecule has 2 unspecified atom stereocenters. The average molecular weight is 326 g/mol. The minimum Gasteiger partial charge on any atom is -0.326 e. The van der Waals surface area contributed by atoms with Crippen LogP contribution < -0.4 is 10.6 Å². The third-order valence-corrected chi connectivity index (χ3v) is 4.21. The number of rotatable bonds is 4. The fourth-order valence-electron chi connectivity index (χ4n) is 2.59. The number of halogens is 1. The molecule has 0 aromatic heterocycles. The molecular formula is C19H19FN2O2. The van der Waals surface area contributed by atoms with Gasteiger partial charge in [0.25, 0.3) is 5.91 Å². The van der Waals surface area contributed by atoms with E-state index in [-0.39, 0.29) is 17.5 Å². The summed E-state index contributed by atoms with van der Waals surface area (Å²) < 4.78 is 13.8. The van der Waals surface area contributed by atoms with Crippen molar-refractivity contribution in [3.8, 4) is 0 Å². The highest BCUT2D eigenvalue weighted by Gasteiger charge is 2.39. The molecule has 2 N–H and O–H groups in total. The number of carbonyl (C=O) groups is 2. The van der Waals surface area contributed by atoms with E-state index in [4.69, 9.17) is 0 Å². The summed E-state index contributed by atoms with van der Waals surface area (Å²) in [5.74, 6) is -0.453. The van der Waals surface area contributed by atoms with Gasteiger partial charge in [-0.1, -0.05) is 19.1 Å². The van der Waals surface area contributed by atoms with Crippen LogP contribution in [0.5, 0.6) is 0 Å². The fraction of sp³-hybridized carbons (Fsp3) is 0.263. The third kappa shape index (κ3) is 3.62. The van der Waals surface area contributed by atoms with Gasteiger partial charge in [0.05, 0.1) is 5.69 Å². The normalized spacial score (nSPS) is 18.8. The smallest absolute Gasteiger partial charge is 0.255 e. The van der Waals surface area contributed by atoms with Gasteiger partial charge in [-0.2, -0.15) is 0 Å². The average Bonchev–Trinajstić information content (AvgIpc) is 3.28. The van der Waals surface area contributed by atoms with Crippen molar-refractivity contribution >= 4 is 23.2 Å². The lowest BCUT2D eigenvalue weighted by Crippen LogP contribution is -2.16. The highest BCUT2D eigenvalue weighted by atomic mass is 19.1. The predicted octanol–water partition coefficient (Wildman–Crippen LogP) is 3.98. The Hall–Kier alpha value is -2.69. The van der Waals surface area contributed by atoms with Gasteiger partial charge in [-0.25, -0.2) is 4.39 Å². The minimum absolute atomic E-state index is 0.0233. The first-order chi connectivity index (χ1) is 11.4. The van der Waals surface area contributed by atoms with Crippen molar-refractivity contribution in [2.24, 2.45) is 11.8 Å². The van der Waals surface area contributed by atoms with Gasteiger partial charge < -0.3 is 10.6 Å². The molecular weight excluding hydrogens is 307 g/mol. The number of amides is 2. The quantitative estimate of drug-likeness (QED) is 0.893. The maximum Gasteiger partial charge on any atom is 0.255 e. The van der Waals surface area contributed by atoms with Gasteiger partial charge in [-0.3, -0.25) is 9.59 Å².